The van der Waals surface area contributed by atoms with Gasteiger partial charge in [-0.05, 0) is 6.92 Å². The number of rotatable bonds is 4. The minimum atomic E-state index is 0.603. The van der Waals surface area contributed by atoms with Gasteiger partial charge in [0.25, 0.3) is 0 Å². The molecule has 19 heavy (non-hydrogen) atoms. The molecule has 106 valence electrons. The van der Waals surface area contributed by atoms with Crippen molar-refractivity contribution in [3.63, 3.8) is 0 Å². The van der Waals surface area contributed by atoms with Gasteiger partial charge < -0.3 is 15.0 Å². The molecule has 1 N–H and O–H groups in total. The van der Waals surface area contributed by atoms with Gasteiger partial charge in [-0.2, -0.15) is 11.8 Å². The highest BCUT2D eigenvalue weighted by Crippen LogP contribution is 2.35. The predicted molar refractivity (Wildman–Crippen MR) is 81.5 cm³/mol. The molecule has 1 aromatic heterocycles. The standard InChI is InChI=1S/C13H22N4OS/c1-5-14-12-11(18-4)13(16-8-15-12)17-6-9(2)19-10(3)7-17/h8-10H,5-7H2,1-4H3,(H,14,15,16). The highest BCUT2D eigenvalue weighted by molar-refractivity contribution is 8.00. The number of nitrogens with one attached hydrogen (secondary N) is 1. The van der Waals surface area contributed by atoms with E-state index in [-0.39, 0.29) is 0 Å². The Morgan fingerprint density at radius 1 is 1.37 bits per heavy atom. The topological polar surface area (TPSA) is 50.3 Å². The average Bonchev–Trinajstić information content (AvgIpc) is 2.37. The third-order valence-corrected chi connectivity index (χ3v) is 4.28. The van der Waals surface area contributed by atoms with E-state index in [0.717, 1.165) is 37.0 Å². The van der Waals surface area contributed by atoms with Crippen LogP contribution in [0.5, 0.6) is 5.75 Å². The van der Waals surface area contributed by atoms with Crippen LogP contribution < -0.4 is 15.0 Å². The third-order valence-electron chi connectivity index (χ3n) is 3.05. The van der Waals surface area contributed by atoms with Crippen LogP contribution in [-0.4, -0.2) is 47.2 Å². The van der Waals surface area contributed by atoms with Crippen LogP contribution in [0.25, 0.3) is 0 Å². The van der Waals surface area contributed by atoms with Gasteiger partial charge in [-0.1, -0.05) is 13.8 Å². The van der Waals surface area contributed by atoms with Crippen molar-refractivity contribution in [3.05, 3.63) is 6.33 Å². The molecule has 0 aliphatic carbocycles. The van der Waals surface area contributed by atoms with Crippen LogP contribution >= 0.6 is 11.8 Å². The fourth-order valence-corrected chi connectivity index (χ4v) is 3.75. The summed E-state index contributed by atoms with van der Waals surface area (Å²) in [4.78, 5) is 11.0. The summed E-state index contributed by atoms with van der Waals surface area (Å²) in [6.07, 6.45) is 1.60. The fraction of sp³-hybridized carbons (Fsp3) is 0.692. The second kappa shape index (κ2) is 6.32. The Bertz CT molecular complexity index is 419. The van der Waals surface area contributed by atoms with Gasteiger partial charge >= 0.3 is 0 Å². The Morgan fingerprint density at radius 3 is 2.63 bits per heavy atom. The van der Waals surface area contributed by atoms with Gasteiger partial charge in [-0.25, -0.2) is 9.97 Å². The minimum Gasteiger partial charge on any atom is -0.490 e. The molecule has 5 nitrogen and oxygen atoms in total. The smallest absolute Gasteiger partial charge is 0.204 e. The van der Waals surface area contributed by atoms with E-state index in [0.29, 0.717) is 10.5 Å². The minimum absolute atomic E-state index is 0.603. The highest BCUT2D eigenvalue weighted by Gasteiger charge is 2.26. The number of methoxy groups -OCH3 is 1. The summed E-state index contributed by atoms with van der Waals surface area (Å²) in [6.45, 7) is 9.36. The second-order valence-corrected chi connectivity index (χ2v) is 6.65. The van der Waals surface area contributed by atoms with Crippen LogP contribution in [0.4, 0.5) is 11.6 Å². The first kappa shape index (κ1) is 14.2. The Hall–Kier alpha value is -1.17. The Kier molecular flexibility index (Phi) is 4.74. The number of ether oxygens (including phenoxy) is 1. The van der Waals surface area contributed by atoms with Crippen LogP contribution in [0.1, 0.15) is 20.8 Å². The molecule has 0 aromatic carbocycles. The van der Waals surface area contributed by atoms with Crippen molar-refractivity contribution in [2.75, 3.05) is 37.0 Å². The zero-order valence-electron chi connectivity index (χ0n) is 12.0. The first-order chi connectivity index (χ1) is 9.15. The molecule has 6 heteroatoms. The van der Waals surface area contributed by atoms with Gasteiger partial charge in [-0.3, -0.25) is 0 Å². The number of nitrogens with zero attached hydrogens (tertiary/aromatic N) is 3. The van der Waals surface area contributed by atoms with Crippen LogP contribution in [0.15, 0.2) is 6.33 Å². The number of hydrogen-bond acceptors (Lipinski definition) is 6. The number of thioether (sulfide) groups is 1. The molecule has 0 bridgehead atoms. The van der Waals surface area contributed by atoms with Crippen LogP contribution in [0.3, 0.4) is 0 Å². The molecule has 0 amide bonds. The zero-order valence-corrected chi connectivity index (χ0v) is 12.8. The van der Waals surface area contributed by atoms with E-state index in [1.54, 1.807) is 13.4 Å². The first-order valence-electron chi connectivity index (χ1n) is 6.69. The molecule has 1 aliphatic rings. The normalized spacial score (nSPS) is 23.3. The van der Waals surface area contributed by atoms with Crippen molar-refractivity contribution in [1.82, 2.24) is 9.97 Å². The molecule has 1 aliphatic heterocycles. The summed E-state index contributed by atoms with van der Waals surface area (Å²) in [5.74, 6) is 2.41. The van der Waals surface area contributed by atoms with E-state index in [4.69, 9.17) is 4.74 Å². The molecule has 2 unspecified atom stereocenters. The summed E-state index contributed by atoms with van der Waals surface area (Å²) < 4.78 is 5.52. The van der Waals surface area contributed by atoms with Crippen LogP contribution in [0, 0.1) is 0 Å². The number of aromatic nitrogens is 2. The van der Waals surface area contributed by atoms with Crippen molar-refractivity contribution in [3.8, 4) is 5.75 Å². The van der Waals surface area contributed by atoms with Crippen molar-refractivity contribution in [2.24, 2.45) is 0 Å². The molecule has 0 saturated carbocycles. The predicted octanol–water partition coefficient (Wildman–Crippen LogP) is 2.25. The maximum absolute atomic E-state index is 5.52. The Labute approximate surface area is 119 Å². The lowest BCUT2D eigenvalue weighted by Gasteiger charge is -2.36. The van der Waals surface area contributed by atoms with E-state index >= 15 is 0 Å². The lowest BCUT2D eigenvalue weighted by molar-refractivity contribution is 0.412. The molecule has 0 spiro atoms. The molecule has 1 aromatic rings. The monoisotopic (exact) mass is 282 g/mol. The van der Waals surface area contributed by atoms with E-state index in [2.05, 4.69) is 34.0 Å². The van der Waals surface area contributed by atoms with Gasteiger partial charge in [-0.15, -0.1) is 0 Å². The molecule has 2 atom stereocenters. The van der Waals surface area contributed by atoms with Gasteiger partial charge in [0.15, 0.2) is 11.6 Å². The number of hydrogen-bond donors (Lipinski definition) is 1. The second-order valence-electron chi connectivity index (χ2n) is 4.77. The lowest BCUT2D eigenvalue weighted by Crippen LogP contribution is -2.41. The highest BCUT2D eigenvalue weighted by atomic mass is 32.2. The van der Waals surface area contributed by atoms with Crippen LogP contribution in [0.2, 0.25) is 0 Å². The third kappa shape index (κ3) is 3.23. The van der Waals surface area contributed by atoms with Gasteiger partial charge in [0.1, 0.15) is 6.33 Å². The van der Waals surface area contributed by atoms with Crippen LogP contribution in [-0.2, 0) is 0 Å². The maximum atomic E-state index is 5.52. The molecule has 1 saturated heterocycles. The van der Waals surface area contributed by atoms with Crippen molar-refractivity contribution < 1.29 is 4.74 Å². The zero-order chi connectivity index (χ0) is 13.8. The van der Waals surface area contributed by atoms with Gasteiger partial charge in [0.2, 0.25) is 5.75 Å². The molecule has 1 fully saturated rings. The fourth-order valence-electron chi connectivity index (χ4n) is 2.42. The van der Waals surface area contributed by atoms with Gasteiger partial charge in [0.05, 0.1) is 7.11 Å². The molecular formula is C13H22N4OS. The summed E-state index contributed by atoms with van der Waals surface area (Å²) in [5, 5.41) is 4.43. The maximum Gasteiger partial charge on any atom is 0.204 e. The van der Waals surface area contributed by atoms with E-state index in [1.807, 2.05) is 18.7 Å². The molecule has 2 heterocycles. The SMILES string of the molecule is CCNc1ncnc(N2CC(C)SC(C)C2)c1OC. The quantitative estimate of drug-likeness (QED) is 0.914. The van der Waals surface area contributed by atoms with E-state index < -0.39 is 0 Å². The summed E-state index contributed by atoms with van der Waals surface area (Å²) in [7, 11) is 1.68. The molecule has 0 radical (unpaired) electrons. The van der Waals surface area contributed by atoms with Gasteiger partial charge in [0, 0.05) is 30.1 Å². The summed E-state index contributed by atoms with van der Waals surface area (Å²) in [5.41, 5.74) is 0. The Morgan fingerprint density at radius 2 is 2.05 bits per heavy atom. The summed E-state index contributed by atoms with van der Waals surface area (Å²) in [6, 6.07) is 0. The first-order valence-corrected chi connectivity index (χ1v) is 7.63. The number of anilines is 2. The van der Waals surface area contributed by atoms with Crippen molar-refractivity contribution in [2.45, 2.75) is 31.3 Å². The van der Waals surface area contributed by atoms with Crippen molar-refractivity contribution >= 4 is 23.4 Å². The van der Waals surface area contributed by atoms with E-state index in [9.17, 15) is 0 Å². The molecule has 2 rings (SSSR count). The average molecular weight is 282 g/mol. The van der Waals surface area contributed by atoms with Crippen molar-refractivity contribution in [1.29, 1.82) is 0 Å². The Balaban J connectivity index is 2.30. The largest absolute Gasteiger partial charge is 0.490 e. The molecular weight excluding hydrogens is 260 g/mol. The lowest BCUT2D eigenvalue weighted by atomic mass is 10.3. The summed E-state index contributed by atoms with van der Waals surface area (Å²) >= 11 is 2.03. The van der Waals surface area contributed by atoms with E-state index in [1.165, 1.54) is 0 Å².